The predicted molar refractivity (Wildman–Crippen MR) is 69.3 cm³/mol. The Morgan fingerprint density at radius 2 is 2.50 bits per heavy atom. The van der Waals surface area contributed by atoms with Gasteiger partial charge in [0.2, 0.25) is 0 Å². The van der Waals surface area contributed by atoms with Crippen molar-refractivity contribution in [1.82, 2.24) is 5.32 Å². The second-order valence-electron chi connectivity index (χ2n) is 4.57. The van der Waals surface area contributed by atoms with Gasteiger partial charge in [-0.3, -0.25) is 0 Å². The first-order chi connectivity index (χ1) is 7.70. The number of aryl methyl sites for hydroxylation is 1. The zero-order valence-electron chi connectivity index (χ0n) is 9.50. The molecule has 0 spiro atoms. The summed E-state index contributed by atoms with van der Waals surface area (Å²) in [5.74, 6) is 0.319. The highest BCUT2D eigenvalue weighted by Crippen LogP contribution is 2.37. The Bertz CT molecular complexity index is 353. The molecule has 4 heteroatoms. The van der Waals surface area contributed by atoms with Crippen LogP contribution in [0.15, 0.2) is 6.07 Å². The number of rotatable bonds is 4. The molecule has 0 aromatic carbocycles. The summed E-state index contributed by atoms with van der Waals surface area (Å²) in [6, 6.07) is 2.53. The first-order valence-corrected chi connectivity index (χ1v) is 7.02. The van der Waals surface area contributed by atoms with Crippen molar-refractivity contribution in [3.05, 3.63) is 20.8 Å². The maximum atomic E-state index is 9.00. The summed E-state index contributed by atoms with van der Waals surface area (Å²) in [4.78, 5) is 1.44. The zero-order chi connectivity index (χ0) is 11.5. The van der Waals surface area contributed by atoms with Crippen LogP contribution in [0.25, 0.3) is 0 Å². The molecule has 2 N–H and O–H groups in total. The van der Waals surface area contributed by atoms with Crippen LogP contribution in [0.2, 0.25) is 4.34 Å². The van der Waals surface area contributed by atoms with E-state index in [4.69, 9.17) is 16.7 Å². The first kappa shape index (κ1) is 12.4. The molecule has 1 heterocycles. The lowest BCUT2D eigenvalue weighted by Gasteiger charge is -2.24. The summed E-state index contributed by atoms with van der Waals surface area (Å²) in [5, 5.41) is 12.5. The van der Waals surface area contributed by atoms with Crippen molar-refractivity contribution in [1.29, 1.82) is 0 Å². The molecule has 0 saturated heterocycles. The third-order valence-corrected chi connectivity index (χ3v) is 4.45. The molecule has 0 aliphatic heterocycles. The van der Waals surface area contributed by atoms with Crippen molar-refractivity contribution in [3.63, 3.8) is 0 Å². The molecule has 0 fully saturated rings. The van der Waals surface area contributed by atoms with Crippen molar-refractivity contribution in [2.45, 2.75) is 32.2 Å². The number of nitrogens with one attached hydrogen (secondary N) is 1. The van der Waals surface area contributed by atoms with Crippen LogP contribution in [0, 0.1) is 5.92 Å². The van der Waals surface area contributed by atoms with E-state index in [1.807, 2.05) is 0 Å². The summed E-state index contributed by atoms with van der Waals surface area (Å²) in [5.41, 5.74) is 1.38. The van der Waals surface area contributed by atoms with Gasteiger partial charge >= 0.3 is 0 Å². The molecule has 0 amide bonds. The number of hydrogen-bond acceptors (Lipinski definition) is 3. The number of hydrogen-bond donors (Lipinski definition) is 2. The van der Waals surface area contributed by atoms with E-state index < -0.39 is 0 Å². The molecule has 0 bridgehead atoms. The lowest BCUT2D eigenvalue weighted by Crippen LogP contribution is -2.29. The van der Waals surface area contributed by atoms with Gasteiger partial charge in [-0.05, 0) is 36.8 Å². The predicted octanol–water partition coefficient (Wildman–Crippen LogP) is 3.00. The molecule has 90 valence electrons. The molecule has 2 nitrogen and oxygen atoms in total. The Morgan fingerprint density at radius 1 is 1.69 bits per heavy atom. The topological polar surface area (TPSA) is 32.3 Å². The van der Waals surface area contributed by atoms with Gasteiger partial charge in [0.25, 0.3) is 0 Å². The number of fused-ring (bicyclic) bond motifs is 1. The normalized spacial score (nSPS) is 21.8. The van der Waals surface area contributed by atoms with Crippen molar-refractivity contribution in [2.75, 3.05) is 13.2 Å². The van der Waals surface area contributed by atoms with Gasteiger partial charge < -0.3 is 10.4 Å². The van der Waals surface area contributed by atoms with Gasteiger partial charge in [-0.1, -0.05) is 18.5 Å². The van der Waals surface area contributed by atoms with Crippen LogP contribution in [0.4, 0.5) is 0 Å². The minimum Gasteiger partial charge on any atom is -0.396 e. The monoisotopic (exact) mass is 259 g/mol. The molecule has 1 aliphatic carbocycles. The van der Waals surface area contributed by atoms with E-state index in [-0.39, 0.29) is 6.61 Å². The number of aliphatic hydroxyl groups excluding tert-OH is 1. The standard InChI is InChI=1S/C12H18ClNOS/c1-8(7-15)6-14-10-3-2-4-11-9(10)5-12(13)16-11/h5,8,10,14-15H,2-4,6-7H2,1H3. The summed E-state index contributed by atoms with van der Waals surface area (Å²) in [6.07, 6.45) is 3.58. The molecule has 0 saturated carbocycles. The zero-order valence-corrected chi connectivity index (χ0v) is 11.1. The first-order valence-electron chi connectivity index (χ1n) is 5.83. The highest BCUT2D eigenvalue weighted by molar-refractivity contribution is 7.16. The fraction of sp³-hybridized carbons (Fsp3) is 0.667. The van der Waals surface area contributed by atoms with Crippen LogP contribution in [0.3, 0.4) is 0 Å². The third kappa shape index (κ3) is 2.77. The van der Waals surface area contributed by atoms with Crippen molar-refractivity contribution < 1.29 is 5.11 Å². The summed E-state index contributed by atoms with van der Waals surface area (Å²) in [6.45, 7) is 3.17. The number of aliphatic hydroxyl groups is 1. The van der Waals surface area contributed by atoms with Gasteiger partial charge in [0, 0.05) is 24.1 Å². The fourth-order valence-corrected chi connectivity index (χ4v) is 3.53. The van der Waals surface area contributed by atoms with E-state index in [9.17, 15) is 0 Å². The minimum atomic E-state index is 0.247. The maximum Gasteiger partial charge on any atom is 0.0934 e. The Balaban J connectivity index is 2.01. The van der Waals surface area contributed by atoms with E-state index in [2.05, 4.69) is 18.3 Å². The lowest BCUT2D eigenvalue weighted by atomic mass is 9.93. The van der Waals surface area contributed by atoms with E-state index in [1.165, 1.54) is 29.7 Å². The van der Waals surface area contributed by atoms with E-state index in [0.717, 1.165) is 10.9 Å². The van der Waals surface area contributed by atoms with E-state index >= 15 is 0 Å². The van der Waals surface area contributed by atoms with Gasteiger partial charge in [-0.2, -0.15) is 0 Å². The van der Waals surface area contributed by atoms with Gasteiger partial charge in [0.1, 0.15) is 0 Å². The Kier molecular flexibility index (Phi) is 4.25. The summed E-state index contributed by atoms with van der Waals surface area (Å²) >= 11 is 7.77. The maximum absolute atomic E-state index is 9.00. The quantitative estimate of drug-likeness (QED) is 0.871. The van der Waals surface area contributed by atoms with Gasteiger partial charge in [-0.15, -0.1) is 11.3 Å². The highest BCUT2D eigenvalue weighted by atomic mass is 35.5. The molecule has 1 aromatic rings. The molecule has 0 radical (unpaired) electrons. The van der Waals surface area contributed by atoms with Crippen LogP contribution in [0.5, 0.6) is 0 Å². The summed E-state index contributed by atoms with van der Waals surface area (Å²) in [7, 11) is 0. The van der Waals surface area contributed by atoms with Crippen molar-refractivity contribution >= 4 is 22.9 Å². The average Bonchev–Trinajstić information content (AvgIpc) is 2.66. The van der Waals surface area contributed by atoms with Gasteiger partial charge in [0.15, 0.2) is 0 Å². The smallest absolute Gasteiger partial charge is 0.0934 e. The van der Waals surface area contributed by atoms with Crippen LogP contribution < -0.4 is 5.32 Å². The van der Waals surface area contributed by atoms with Crippen LogP contribution >= 0.6 is 22.9 Å². The van der Waals surface area contributed by atoms with E-state index in [0.29, 0.717) is 12.0 Å². The Morgan fingerprint density at radius 3 is 3.25 bits per heavy atom. The largest absolute Gasteiger partial charge is 0.396 e. The Hall–Kier alpha value is -0.0900. The molecular weight excluding hydrogens is 242 g/mol. The van der Waals surface area contributed by atoms with Crippen LogP contribution in [-0.2, 0) is 6.42 Å². The van der Waals surface area contributed by atoms with Crippen molar-refractivity contribution in [2.24, 2.45) is 5.92 Å². The second kappa shape index (κ2) is 5.50. The SMILES string of the molecule is CC(CO)CNC1CCCc2sc(Cl)cc21. The molecule has 1 aliphatic rings. The number of thiophene rings is 1. The molecule has 2 rings (SSSR count). The average molecular weight is 260 g/mol. The minimum absolute atomic E-state index is 0.247. The Labute approximate surface area is 106 Å². The second-order valence-corrected chi connectivity index (χ2v) is 6.34. The molecule has 1 aromatic heterocycles. The molecule has 2 atom stereocenters. The van der Waals surface area contributed by atoms with Crippen LogP contribution in [0.1, 0.15) is 36.2 Å². The third-order valence-electron chi connectivity index (χ3n) is 3.11. The highest BCUT2D eigenvalue weighted by Gasteiger charge is 2.22. The van der Waals surface area contributed by atoms with Gasteiger partial charge in [0.05, 0.1) is 4.34 Å². The number of halogens is 1. The summed E-state index contributed by atoms with van der Waals surface area (Å²) < 4.78 is 0.897. The van der Waals surface area contributed by atoms with Crippen molar-refractivity contribution in [3.8, 4) is 0 Å². The molecule has 16 heavy (non-hydrogen) atoms. The molecule has 2 unspecified atom stereocenters. The van der Waals surface area contributed by atoms with Gasteiger partial charge in [-0.25, -0.2) is 0 Å². The molecular formula is C12H18ClNOS. The fourth-order valence-electron chi connectivity index (χ4n) is 2.14. The van der Waals surface area contributed by atoms with Crippen LogP contribution in [-0.4, -0.2) is 18.3 Å². The lowest BCUT2D eigenvalue weighted by molar-refractivity contribution is 0.228. The van der Waals surface area contributed by atoms with E-state index in [1.54, 1.807) is 11.3 Å².